The number of benzene rings is 1. The van der Waals surface area contributed by atoms with Crippen LogP contribution >= 0.6 is 11.8 Å². The Balaban J connectivity index is 0.00000160. The summed E-state index contributed by atoms with van der Waals surface area (Å²) >= 11 is 1.64. The van der Waals surface area contributed by atoms with E-state index in [-0.39, 0.29) is 33.9 Å². The van der Waals surface area contributed by atoms with Crippen LogP contribution in [0.4, 0.5) is 4.79 Å². The average molecular weight is 410 g/mol. The second-order valence-corrected chi connectivity index (χ2v) is 8.16. The van der Waals surface area contributed by atoms with E-state index in [1.807, 2.05) is 12.1 Å². The van der Waals surface area contributed by atoms with Gasteiger partial charge in [-0.05, 0) is 23.6 Å². The van der Waals surface area contributed by atoms with Crippen molar-refractivity contribution in [1.82, 2.24) is 26.2 Å². The molecule has 9 nitrogen and oxygen atoms in total. The van der Waals surface area contributed by atoms with Crippen molar-refractivity contribution < 1.29 is 23.5 Å². The Hall–Kier alpha value is -2.59. The second-order valence-electron chi connectivity index (χ2n) is 6.97. The van der Waals surface area contributed by atoms with Crippen molar-refractivity contribution in [3.63, 3.8) is 0 Å². The molecule has 0 radical (unpaired) electrons. The number of nitrogens with one attached hydrogen (secondary N) is 4. The normalized spacial score (nSPS) is 24.1. The first-order valence-corrected chi connectivity index (χ1v) is 10.2. The standard InChI is InChI=1S/C18H21N5O4S.3H2/c24-14-4-3-13(16(25)21-14)23-8-11-2-1-10(5-12(11)17(23)26)6-20-18(27)22-15-7-19-9-28-15;;;/h1-2,5,13,15,19H,3-4,6-9H2,(H2,20,22,27)(H,21,24,25);3*1H. The predicted molar refractivity (Wildman–Crippen MR) is 108 cm³/mol. The zero-order valence-electron chi connectivity index (χ0n) is 15.1. The van der Waals surface area contributed by atoms with Gasteiger partial charge in [0.05, 0.1) is 5.37 Å². The molecule has 0 aromatic heterocycles. The summed E-state index contributed by atoms with van der Waals surface area (Å²) in [4.78, 5) is 49.7. The highest BCUT2D eigenvalue weighted by molar-refractivity contribution is 8.00. The summed E-state index contributed by atoms with van der Waals surface area (Å²) in [6.07, 6.45) is 0.572. The monoisotopic (exact) mass is 409 g/mol. The number of fused-ring (bicyclic) bond motifs is 1. The molecule has 0 saturated carbocycles. The fourth-order valence-electron chi connectivity index (χ4n) is 3.59. The van der Waals surface area contributed by atoms with Crippen LogP contribution in [-0.2, 0) is 22.7 Å². The Morgan fingerprint density at radius 1 is 1.32 bits per heavy atom. The molecule has 10 heteroatoms. The summed E-state index contributed by atoms with van der Waals surface area (Å²) in [5.41, 5.74) is 2.20. The molecular formula is C18H27N5O4S. The van der Waals surface area contributed by atoms with Gasteiger partial charge < -0.3 is 20.9 Å². The van der Waals surface area contributed by atoms with Crippen molar-refractivity contribution in [2.24, 2.45) is 0 Å². The fraction of sp³-hybridized carbons (Fsp3) is 0.444. The minimum Gasteiger partial charge on any atom is -0.334 e. The number of urea groups is 1. The summed E-state index contributed by atoms with van der Waals surface area (Å²) in [7, 11) is 0. The number of nitrogens with zero attached hydrogens (tertiary/aromatic N) is 1. The zero-order chi connectivity index (χ0) is 19.7. The molecule has 1 aromatic carbocycles. The predicted octanol–water partition coefficient (Wildman–Crippen LogP) is 0.605. The SMILES string of the molecule is O=C1CCC(N2Cc3ccc(CNC(=O)NC4CNCS4)cc3C2=O)C(=O)N1.[HH].[HH].[HH]. The maximum atomic E-state index is 12.8. The summed E-state index contributed by atoms with van der Waals surface area (Å²) in [6.45, 7) is 1.39. The molecule has 3 heterocycles. The van der Waals surface area contributed by atoms with E-state index in [0.29, 0.717) is 25.1 Å². The number of piperidine rings is 1. The lowest BCUT2D eigenvalue weighted by atomic mass is 10.0. The molecule has 0 spiro atoms. The van der Waals surface area contributed by atoms with Gasteiger partial charge in [0.2, 0.25) is 11.8 Å². The summed E-state index contributed by atoms with van der Waals surface area (Å²) in [5, 5.41) is 11.2. The highest BCUT2D eigenvalue weighted by Gasteiger charge is 2.39. The van der Waals surface area contributed by atoms with Crippen LogP contribution < -0.4 is 21.3 Å². The number of carbonyl (C=O) groups is 4. The van der Waals surface area contributed by atoms with Crippen molar-refractivity contribution in [2.45, 2.75) is 37.3 Å². The number of imide groups is 1. The van der Waals surface area contributed by atoms with E-state index in [1.54, 1.807) is 17.8 Å². The van der Waals surface area contributed by atoms with Gasteiger partial charge in [-0.15, -0.1) is 11.8 Å². The van der Waals surface area contributed by atoms with Gasteiger partial charge in [0.1, 0.15) is 6.04 Å². The van der Waals surface area contributed by atoms with Crippen molar-refractivity contribution in [3.05, 3.63) is 34.9 Å². The molecule has 154 valence electrons. The first kappa shape index (κ1) is 18.8. The van der Waals surface area contributed by atoms with Crippen molar-refractivity contribution in [3.8, 4) is 0 Å². The van der Waals surface area contributed by atoms with Crippen molar-refractivity contribution in [2.75, 3.05) is 12.4 Å². The van der Waals surface area contributed by atoms with Crippen LogP contribution in [0.5, 0.6) is 0 Å². The highest BCUT2D eigenvalue weighted by atomic mass is 32.2. The first-order chi connectivity index (χ1) is 13.5. The second kappa shape index (κ2) is 7.80. The Labute approximate surface area is 170 Å². The van der Waals surface area contributed by atoms with Gasteiger partial charge in [0.15, 0.2) is 0 Å². The van der Waals surface area contributed by atoms with Crippen molar-refractivity contribution in [1.29, 1.82) is 0 Å². The Morgan fingerprint density at radius 2 is 2.18 bits per heavy atom. The first-order valence-electron chi connectivity index (χ1n) is 9.14. The van der Waals surface area contributed by atoms with Crippen LogP contribution in [0.3, 0.4) is 0 Å². The summed E-state index contributed by atoms with van der Waals surface area (Å²) < 4.78 is 0. The molecule has 4 rings (SSSR count). The molecule has 28 heavy (non-hydrogen) atoms. The highest BCUT2D eigenvalue weighted by Crippen LogP contribution is 2.28. The van der Waals surface area contributed by atoms with Crippen LogP contribution in [0.15, 0.2) is 18.2 Å². The molecule has 0 bridgehead atoms. The maximum absolute atomic E-state index is 12.8. The molecule has 0 aliphatic carbocycles. The number of rotatable bonds is 4. The molecule has 3 aliphatic rings. The minimum atomic E-state index is -0.623. The lowest BCUT2D eigenvalue weighted by Gasteiger charge is -2.29. The lowest BCUT2D eigenvalue weighted by Crippen LogP contribution is -2.52. The maximum Gasteiger partial charge on any atom is 0.315 e. The van der Waals surface area contributed by atoms with Crippen LogP contribution in [0.2, 0.25) is 0 Å². The number of hydrogen-bond acceptors (Lipinski definition) is 6. The van der Waals surface area contributed by atoms with E-state index in [4.69, 9.17) is 0 Å². The zero-order valence-corrected chi connectivity index (χ0v) is 15.9. The van der Waals surface area contributed by atoms with E-state index >= 15 is 0 Å². The fourth-order valence-corrected chi connectivity index (χ4v) is 4.46. The van der Waals surface area contributed by atoms with Crippen LogP contribution in [0, 0.1) is 0 Å². The van der Waals surface area contributed by atoms with E-state index in [2.05, 4.69) is 21.3 Å². The molecule has 2 saturated heterocycles. The third-order valence-electron chi connectivity index (χ3n) is 5.05. The third kappa shape index (κ3) is 3.83. The average Bonchev–Trinajstić information content (AvgIpc) is 3.28. The Bertz CT molecular complexity index is 853. The number of amides is 5. The van der Waals surface area contributed by atoms with E-state index in [1.165, 1.54) is 4.90 Å². The van der Waals surface area contributed by atoms with Gasteiger partial charge in [-0.3, -0.25) is 19.7 Å². The lowest BCUT2D eigenvalue weighted by molar-refractivity contribution is -0.136. The Morgan fingerprint density at radius 3 is 2.93 bits per heavy atom. The summed E-state index contributed by atoms with van der Waals surface area (Å²) in [5.74, 6) is -0.120. The van der Waals surface area contributed by atoms with Gasteiger partial charge in [-0.25, -0.2) is 4.79 Å². The quantitative estimate of drug-likeness (QED) is 0.541. The number of hydrogen-bond donors (Lipinski definition) is 4. The molecule has 2 atom stereocenters. The van der Waals surface area contributed by atoms with Gasteiger partial charge in [0.25, 0.3) is 5.91 Å². The van der Waals surface area contributed by atoms with E-state index in [0.717, 1.165) is 23.5 Å². The molecule has 3 aliphatic heterocycles. The van der Waals surface area contributed by atoms with Crippen LogP contribution in [0.1, 0.15) is 38.6 Å². The molecule has 5 amide bonds. The van der Waals surface area contributed by atoms with Gasteiger partial charge in [-0.1, -0.05) is 12.1 Å². The molecule has 2 unspecified atom stereocenters. The smallest absolute Gasteiger partial charge is 0.315 e. The number of carbonyl (C=O) groups excluding carboxylic acids is 4. The van der Waals surface area contributed by atoms with Gasteiger partial charge in [-0.2, -0.15) is 0 Å². The van der Waals surface area contributed by atoms with Crippen LogP contribution in [-0.4, -0.2) is 52.5 Å². The van der Waals surface area contributed by atoms with Crippen LogP contribution in [0.25, 0.3) is 0 Å². The minimum absolute atomic E-state index is 0. The van der Waals surface area contributed by atoms with Gasteiger partial charge >= 0.3 is 6.03 Å². The van der Waals surface area contributed by atoms with E-state index in [9.17, 15) is 19.2 Å². The van der Waals surface area contributed by atoms with Crippen molar-refractivity contribution >= 4 is 35.5 Å². The Kier molecular flexibility index (Phi) is 5.23. The molecule has 1 aromatic rings. The topological polar surface area (TPSA) is 120 Å². The van der Waals surface area contributed by atoms with E-state index < -0.39 is 11.9 Å². The molecule has 2 fully saturated rings. The largest absolute Gasteiger partial charge is 0.334 e. The molecule has 4 N–H and O–H groups in total. The summed E-state index contributed by atoms with van der Waals surface area (Å²) in [6, 6.07) is 4.60. The number of thioether (sulfide) groups is 1. The third-order valence-corrected chi connectivity index (χ3v) is 6.11. The molecular weight excluding hydrogens is 382 g/mol. The van der Waals surface area contributed by atoms with Gasteiger partial charge in [0, 0.05) is 41.8 Å².